The molecule has 1 saturated heterocycles. The number of benzene rings is 3. The van der Waals surface area contributed by atoms with Gasteiger partial charge in [-0.05, 0) is 61.5 Å². The number of anilines is 1. The Morgan fingerprint density at radius 2 is 1.74 bits per heavy atom. The first-order chi connectivity index (χ1) is 17.1. The predicted molar refractivity (Wildman–Crippen MR) is 148 cm³/mol. The Morgan fingerprint density at radius 3 is 2.57 bits per heavy atom. The molecule has 3 aromatic carbocycles. The van der Waals surface area contributed by atoms with E-state index in [1.54, 1.807) is 28.0 Å². The van der Waals surface area contributed by atoms with Gasteiger partial charge in [-0.3, -0.25) is 9.69 Å². The van der Waals surface area contributed by atoms with Crippen LogP contribution in [-0.4, -0.2) is 27.5 Å². The molecule has 8 heteroatoms. The van der Waals surface area contributed by atoms with Gasteiger partial charge < -0.3 is 4.90 Å². The third kappa shape index (κ3) is 4.16. The number of hydrogen-bond acceptors (Lipinski definition) is 7. The molecular weight excluding hydrogens is 493 g/mol. The lowest BCUT2D eigenvalue weighted by Gasteiger charge is -2.19. The largest absolute Gasteiger partial charge is 0.334 e. The van der Waals surface area contributed by atoms with E-state index in [1.165, 1.54) is 16.7 Å². The van der Waals surface area contributed by atoms with E-state index in [0.29, 0.717) is 11.7 Å². The Morgan fingerprint density at radius 1 is 0.943 bits per heavy atom. The van der Waals surface area contributed by atoms with E-state index >= 15 is 0 Å². The van der Waals surface area contributed by atoms with Crippen molar-refractivity contribution in [3.05, 3.63) is 93.3 Å². The average molecular weight is 515 g/mol. The minimum Gasteiger partial charge on any atom is -0.334 e. The molecule has 2 aliphatic rings. The molecule has 0 spiro atoms. The Labute approximate surface area is 216 Å². The second-order valence-electron chi connectivity index (χ2n) is 8.21. The fourth-order valence-electron chi connectivity index (χ4n) is 4.25. The molecule has 6 rings (SSSR count). The Hall–Kier alpha value is -3.07. The zero-order chi connectivity index (χ0) is 23.9. The van der Waals surface area contributed by atoms with E-state index in [-0.39, 0.29) is 5.91 Å². The molecule has 1 fully saturated rings. The molecule has 0 bridgehead atoms. The monoisotopic (exact) mass is 514 g/mol. The maximum atomic E-state index is 13.8. The van der Waals surface area contributed by atoms with Crippen LogP contribution in [0.25, 0.3) is 10.2 Å². The minimum absolute atomic E-state index is 0.00283. The zero-order valence-corrected chi connectivity index (χ0v) is 21.7. The van der Waals surface area contributed by atoms with Gasteiger partial charge in [-0.15, -0.1) is 11.3 Å². The molecule has 0 aliphatic carbocycles. The topological polar surface area (TPSA) is 48.8 Å². The molecule has 1 aromatic heterocycles. The van der Waals surface area contributed by atoms with Gasteiger partial charge in [0.05, 0.1) is 33.1 Å². The van der Waals surface area contributed by atoms with Crippen LogP contribution in [0, 0.1) is 6.92 Å². The third-order valence-electron chi connectivity index (χ3n) is 5.87. The fraction of sp³-hybridized carbons (Fsp3) is 0.148. The number of thioether (sulfide) groups is 2. The summed E-state index contributed by atoms with van der Waals surface area (Å²) in [5.74, 6) is -0.00283. The van der Waals surface area contributed by atoms with E-state index < -0.39 is 0 Å². The SMILES string of the molecule is CCN1/C(=C2/SC(=Nc3ccc4sc(C)nc4c3)N(Cc3ccccc3)C2=O)Sc2ccccc21. The number of carbonyl (C=O) groups excluding carboxylic acids is 1. The first kappa shape index (κ1) is 22.4. The number of carbonyl (C=O) groups is 1. The number of nitrogens with zero attached hydrogens (tertiary/aromatic N) is 4. The highest BCUT2D eigenvalue weighted by Gasteiger charge is 2.39. The Bertz CT molecular complexity index is 1510. The van der Waals surface area contributed by atoms with Gasteiger partial charge in [0.1, 0.15) is 9.93 Å². The molecule has 2 aliphatic heterocycles. The summed E-state index contributed by atoms with van der Waals surface area (Å²) in [5.41, 5.74) is 3.97. The fourth-order valence-corrected chi connectivity index (χ4v) is 7.45. The van der Waals surface area contributed by atoms with Crippen LogP contribution in [0.2, 0.25) is 0 Å². The van der Waals surface area contributed by atoms with Crippen molar-refractivity contribution in [2.24, 2.45) is 4.99 Å². The Kier molecular flexibility index (Phi) is 5.88. The minimum atomic E-state index is -0.00283. The summed E-state index contributed by atoms with van der Waals surface area (Å²) in [4.78, 5) is 29.3. The van der Waals surface area contributed by atoms with Gasteiger partial charge in [0.2, 0.25) is 0 Å². The molecule has 0 atom stereocenters. The van der Waals surface area contributed by atoms with Gasteiger partial charge in [0.15, 0.2) is 5.17 Å². The van der Waals surface area contributed by atoms with Crippen molar-refractivity contribution in [3.8, 4) is 0 Å². The number of hydrogen-bond donors (Lipinski definition) is 0. The second-order valence-corrected chi connectivity index (χ2v) is 11.4. The van der Waals surface area contributed by atoms with Gasteiger partial charge >= 0.3 is 0 Å². The molecule has 174 valence electrons. The van der Waals surface area contributed by atoms with Crippen molar-refractivity contribution < 1.29 is 4.79 Å². The van der Waals surface area contributed by atoms with Gasteiger partial charge in [-0.2, -0.15) is 0 Å². The number of amidine groups is 1. The number of amides is 1. The number of para-hydroxylation sites is 1. The van der Waals surface area contributed by atoms with Crippen LogP contribution < -0.4 is 4.90 Å². The summed E-state index contributed by atoms with van der Waals surface area (Å²) in [6, 6.07) is 24.5. The Balaban J connectivity index is 1.43. The lowest BCUT2D eigenvalue weighted by Crippen LogP contribution is -2.29. The molecule has 35 heavy (non-hydrogen) atoms. The summed E-state index contributed by atoms with van der Waals surface area (Å²) in [6.07, 6.45) is 0. The quantitative estimate of drug-likeness (QED) is 0.270. The summed E-state index contributed by atoms with van der Waals surface area (Å²) >= 11 is 4.80. The lowest BCUT2D eigenvalue weighted by atomic mass is 10.2. The molecule has 1 amide bonds. The number of aliphatic imine (C=N–C) groups is 1. The zero-order valence-electron chi connectivity index (χ0n) is 19.3. The molecule has 4 aromatic rings. The van der Waals surface area contributed by atoms with Crippen molar-refractivity contribution in [2.75, 3.05) is 11.4 Å². The number of fused-ring (bicyclic) bond motifs is 2. The number of aromatic nitrogens is 1. The summed E-state index contributed by atoms with van der Waals surface area (Å²) < 4.78 is 1.14. The lowest BCUT2D eigenvalue weighted by molar-refractivity contribution is -0.122. The number of thiazole rings is 1. The molecule has 0 radical (unpaired) electrons. The van der Waals surface area contributed by atoms with Crippen LogP contribution in [0.4, 0.5) is 11.4 Å². The number of rotatable bonds is 4. The van der Waals surface area contributed by atoms with Crippen LogP contribution in [0.1, 0.15) is 17.5 Å². The average Bonchev–Trinajstić information content (AvgIpc) is 3.52. The molecular formula is C27H22N4OS3. The van der Waals surface area contributed by atoms with E-state index in [4.69, 9.17) is 4.99 Å². The van der Waals surface area contributed by atoms with Crippen LogP contribution in [0.5, 0.6) is 0 Å². The highest BCUT2D eigenvalue weighted by molar-refractivity contribution is 8.19. The first-order valence-electron chi connectivity index (χ1n) is 11.4. The van der Waals surface area contributed by atoms with E-state index in [0.717, 1.165) is 48.6 Å². The van der Waals surface area contributed by atoms with Crippen molar-refractivity contribution >= 4 is 67.5 Å². The van der Waals surface area contributed by atoms with E-state index in [9.17, 15) is 4.79 Å². The first-order valence-corrected chi connectivity index (χ1v) is 13.8. The van der Waals surface area contributed by atoms with Crippen molar-refractivity contribution in [2.45, 2.75) is 25.3 Å². The van der Waals surface area contributed by atoms with Crippen LogP contribution in [0.15, 0.2) is 92.6 Å². The van der Waals surface area contributed by atoms with Gasteiger partial charge in [-0.25, -0.2) is 9.98 Å². The molecule has 0 saturated carbocycles. The maximum Gasteiger partial charge on any atom is 0.269 e. The van der Waals surface area contributed by atoms with E-state index in [2.05, 4.69) is 35.0 Å². The van der Waals surface area contributed by atoms with Gasteiger partial charge in [0.25, 0.3) is 5.91 Å². The van der Waals surface area contributed by atoms with Crippen LogP contribution in [0.3, 0.4) is 0 Å². The summed E-state index contributed by atoms with van der Waals surface area (Å²) in [6.45, 7) is 5.40. The van der Waals surface area contributed by atoms with E-state index in [1.807, 2.05) is 61.5 Å². The van der Waals surface area contributed by atoms with Crippen LogP contribution in [-0.2, 0) is 11.3 Å². The number of aryl methyl sites for hydroxylation is 1. The highest BCUT2D eigenvalue weighted by Crippen LogP contribution is 2.50. The predicted octanol–water partition coefficient (Wildman–Crippen LogP) is 7.17. The summed E-state index contributed by atoms with van der Waals surface area (Å²) in [7, 11) is 0. The van der Waals surface area contributed by atoms with Gasteiger partial charge in [-0.1, -0.05) is 54.2 Å². The molecule has 5 nitrogen and oxygen atoms in total. The molecule has 0 unspecified atom stereocenters. The normalized spacial score (nSPS) is 18.8. The summed E-state index contributed by atoms with van der Waals surface area (Å²) in [5, 5.41) is 2.71. The maximum absolute atomic E-state index is 13.8. The highest BCUT2D eigenvalue weighted by atomic mass is 32.2. The van der Waals surface area contributed by atoms with Crippen molar-refractivity contribution in [3.63, 3.8) is 0 Å². The van der Waals surface area contributed by atoms with Crippen molar-refractivity contribution in [1.82, 2.24) is 9.88 Å². The standard InChI is InChI=1S/C27H22N4OS3/c1-3-30-21-11-7-8-12-23(21)34-26(30)24-25(32)31(16-18-9-5-4-6-10-18)27(35-24)29-19-13-14-22-20(15-19)28-17(2)33-22/h4-15H,3,16H2,1-2H3/b26-24-,29-27?. The van der Waals surface area contributed by atoms with Crippen LogP contribution >= 0.6 is 34.9 Å². The molecule has 0 N–H and O–H groups in total. The third-order valence-corrected chi connectivity index (χ3v) is 9.20. The molecule has 3 heterocycles. The van der Waals surface area contributed by atoms with Gasteiger partial charge in [0, 0.05) is 11.4 Å². The smallest absolute Gasteiger partial charge is 0.269 e. The second kappa shape index (κ2) is 9.18. The van der Waals surface area contributed by atoms with Crippen molar-refractivity contribution in [1.29, 1.82) is 0 Å².